The van der Waals surface area contributed by atoms with Gasteiger partial charge in [-0.1, -0.05) is 35.3 Å². The maximum absolute atomic E-state index is 12.5. The van der Waals surface area contributed by atoms with Crippen LogP contribution in [0, 0.1) is 0 Å². The van der Waals surface area contributed by atoms with Crippen molar-refractivity contribution in [1.82, 2.24) is 14.9 Å². The summed E-state index contributed by atoms with van der Waals surface area (Å²) < 4.78 is 1.78. The number of hydrogen-bond donors (Lipinski definition) is 2. The van der Waals surface area contributed by atoms with Gasteiger partial charge in [-0.05, 0) is 35.9 Å². The highest BCUT2D eigenvalue weighted by Crippen LogP contribution is 2.25. The number of nitrogens with zero attached hydrogens (tertiary/aromatic N) is 2. The molecule has 0 radical (unpaired) electrons. The van der Waals surface area contributed by atoms with E-state index in [1.165, 1.54) is 6.92 Å². The smallest absolute Gasteiger partial charge is 0.226 e. The SMILES string of the molecule is CC(=O)NC(CC(=O)Nc1ccc(-n2ccnc2)c(Cl)c1)c1ccc(Cl)cc1. The van der Waals surface area contributed by atoms with Crippen molar-refractivity contribution < 1.29 is 9.59 Å². The summed E-state index contributed by atoms with van der Waals surface area (Å²) >= 11 is 12.2. The summed E-state index contributed by atoms with van der Waals surface area (Å²) in [6, 6.07) is 11.8. The number of anilines is 1. The van der Waals surface area contributed by atoms with Crippen LogP contribution in [0.3, 0.4) is 0 Å². The molecule has 0 fully saturated rings. The van der Waals surface area contributed by atoms with Gasteiger partial charge in [0.25, 0.3) is 0 Å². The summed E-state index contributed by atoms with van der Waals surface area (Å²) in [6.45, 7) is 1.41. The van der Waals surface area contributed by atoms with Gasteiger partial charge in [0.15, 0.2) is 0 Å². The van der Waals surface area contributed by atoms with Gasteiger partial charge in [0.05, 0.1) is 29.5 Å². The van der Waals surface area contributed by atoms with Crippen molar-refractivity contribution in [3.63, 3.8) is 0 Å². The number of hydrogen-bond acceptors (Lipinski definition) is 3. The van der Waals surface area contributed by atoms with E-state index in [1.807, 2.05) is 0 Å². The van der Waals surface area contributed by atoms with Gasteiger partial charge in [0, 0.05) is 30.0 Å². The summed E-state index contributed by atoms with van der Waals surface area (Å²) in [4.78, 5) is 28.1. The molecular weight excluding hydrogens is 399 g/mol. The molecular formula is C20H18Cl2N4O2. The minimum atomic E-state index is -0.463. The Morgan fingerprint density at radius 3 is 2.50 bits per heavy atom. The fraction of sp³-hybridized carbons (Fsp3) is 0.150. The third-order valence-corrected chi connectivity index (χ3v) is 4.61. The van der Waals surface area contributed by atoms with E-state index >= 15 is 0 Å². The molecule has 0 saturated heterocycles. The largest absolute Gasteiger partial charge is 0.349 e. The lowest BCUT2D eigenvalue weighted by Crippen LogP contribution is -2.29. The standard InChI is InChI=1S/C20H18Cl2N4O2/c1-13(27)24-18(14-2-4-15(21)5-3-14)11-20(28)25-16-6-7-19(17(22)10-16)26-9-8-23-12-26/h2-10,12,18H,11H2,1H3,(H,24,27)(H,25,28). The number of rotatable bonds is 6. The van der Waals surface area contributed by atoms with E-state index in [0.29, 0.717) is 15.7 Å². The van der Waals surface area contributed by atoms with Crippen molar-refractivity contribution in [2.75, 3.05) is 5.32 Å². The molecule has 1 aromatic heterocycles. The molecule has 1 unspecified atom stereocenters. The minimum Gasteiger partial charge on any atom is -0.349 e. The van der Waals surface area contributed by atoms with Crippen LogP contribution in [-0.4, -0.2) is 21.4 Å². The number of carbonyl (C=O) groups excluding carboxylic acids is 2. The average molecular weight is 417 g/mol. The lowest BCUT2D eigenvalue weighted by atomic mass is 10.0. The molecule has 0 aliphatic carbocycles. The highest BCUT2D eigenvalue weighted by molar-refractivity contribution is 6.32. The summed E-state index contributed by atoms with van der Waals surface area (Å²) in [5.41, 5.74) is 2.12. The third kappa shape index (κ3) is 5.12. The van der Waals surface area contributed by atoms with Crippen LogP contribution in [0.15, 0.2) is 61.2 Å². The first-order chi connectivity index (χ1) is 13.4. The van der Waals surface area contributed by atoms with Crippen molar-refractivity contribution in [1.29, 1.82) is 0 Å². The lowest BCUT2D eigenvalue weighted by Gasteiger charge is -2.18. The maximum atomic E-state index is 12.5. The zero-order chi connectivity index (χ0) is 20.1. The van der Waals surface area contributed by atoms with Gasteiger partial charge in [-0.3, -0.25) is 9.59 Å². The Hall–Kier alpha value is -2.83. The van der Waals surface area contributed by atoms with Crippen LogP contribution in [0.4, 0.5) is 5.69 Å². The first kappa shape index (κ1) is 19.9. The quantitative estimate of drug-likeness (QED) is 0.625. The summed E-state index contributed by atoms with van der Waals surface area (Å²) in [5, 5.41) is 6.67. The van der Waals surface area contributed by atoms with Crippen LogP contribution >= 0.6 is 23.2 Å². The Kier molecular flexibility index (Phi) is 6.34. The topological polar surface area (TPSA) is 76.0 Å². The number of halogens is 2. The van der Waals surface area contributed by atoms with Gasteiger partial charge in [0.2, 0.25) is 11.8 Å². The van der Waals surface area contributed by atoms with Crippen LogP contribution in [0.1, 0.15) is 24.9 Å². The van der Waals surface area contributed by atoms with Crippen LogP contribution in [0.5, 0.6) is 0 Å². The summed E-state index contributed by atoms with van der Waals surface area (Å²) in [7, 11) is 0. The average Bonchev–Trinajstić information content (AvgIpc) is 3.16. The number of imidazole rings is 1. The van der Waals surface area contributed by atoms with Gasteiger partial charge in [0.1, 0.15) is 0 Å². The molecule has 1 heterocycles. The maximum Gasteiger partial charge on any atom is 0.226 e. The van der Waals surface area contributed by atoms with Gasteiger partial charge < -0.3 is 15.2 Å². The summed E-state index contributed by atoms with van der Waals surface area (Å²) in [6.07, 6.45) is 5.15. The van der Waals surface area contributed by atoms with E-state index < -0.39 is 6.04 Å². The van der Waals surface area contributed by atoms with Crippen molar-refractivity contribution in [2.45, 2.75) is 19.4 Å². The van der Waals surface area contributed by atoms with E-state index in [2.05, 4.69) is 15.6 Å². The van der Waals surface area contributed by atoms with E-state index in [4.69, 9.17) is 23.2 Å². The Balaban J connectivity index is 1.71. The second kappa shape index (κ2) is 8.91. The molecule has 2 aromatic carbocycles. The number of amides is 2. The highest BCUT2D eigenvalue weighted by atomic mass is 35.5. The molecule has 1 atom stereocenters. The Bertz CT molecular complexity index is 972. The van der Waals surface area contributed by atoms with Crippen molar-refractivity contribution >= 4 is 40.7 Å². The van der Waals surface area contributed by atoms with Crippen molar-refractivity contribution in [2.24, 2.45) is 0 Å². The van der Waals surface area contributed by atoms with E-state index in [0.717, 1.165) is 11.3 Å². The van der Waals surface area contributed by atoms with Gasteiger partial charge in [-0.2, -0.15) is 0 Å². The zero-order valence-electron chi connectivity index (χ0n) is 15.0. The molecule has 3 aromatic rings. The molecule has 2 amide bonds. The molecule has 8 heteroatoms. The minimum absolute atomic E-state index is 0.0715. The highest BCUT2D eigenvalue weighted by Gasteiger charge is 2.17. The van der Waals surface area contributed by atoms with E-state index in [9.17, 15) is 9.59 Å². The fourth-order valence-corrected chi connectivity index (χ4v) is 3.19. The van der Waals surface area contributed by atoms with Gasteiger partial charge in [-0.25, -0.2) is 4.98 Å². The number of carbonyl (C=O) groups is 2. The number of benzene rings is 2. The molecule has 0 aliphatic heterocycles. The fourth-order valence-electron chi connectivity index (χ4n) is 2.79. The molecule has 28 heavy (non-hydrogen) atoms. The first-order valence-electron chi connectivity index (χ1n) is 8.52. The van der Waals surface area contributed by atoms with E-state index in [1.54, 1.807) is 65.8 Å². The molecule has 3 rings (SSSR count). The Morgan fingerprint density at radius 2 is 1.89 bits per heavy atom. The van der Waals surface area contributed by atoms with Crippen LogP contribution in [-0.2, 0) is 9.59 Å². The van der Waals surface area contributed by atoms with E-state index in [-0.39, 0.29) is 18.2 Å². The first-order valence-corrected chi connectivity index (χ1v) is 9.28. The molecule has 6 nitrogen and oxygen atoms in total. The van der Waals surface area contributed by atoms with Crippen molar-refractivity contribution in [3.05, 3.63) is 76.8 Å². The molecule has 144 valence electrons. The molecule has 0 aliphatic rings. The predicted molar refractivity (Wildman–Crippen MR) is 110 cm³/mol. The molecule has 0 saturated carbocycles. The van der Waals surface area contributed by atoms with Gasteiger partial charge >= 0.3 is 0 Å². The third-order valence-electron chi connectivity index (χ3n) is 4.05. The second-order valence-electron chi connectivity index (χ2n) is 6.19. The monoisotopic (exact) mass is 416 g/mol. The second-order valence-corrected chi connectivity index (χ2v) is 7.04. The van der Waals surface area contributed by atoms with Crippen LogP contribution in [0.2, 0.25) is 10.0 Å². The van der Waals surface area contributed by atoms with Crippen molar-refractivity contribution in [3.8, 4) is 5.69 Å². The molecule has 0 bridgehead atoms. The Morgan fingerprint density at radius 1 is 1.14 bits per heavy atom. The van der Waals surface area contributed by atoms with Gasteiger partial charge in [-0.15, -0.1) is 0 Å². The normalized spacial score (nSPS) is 11.7. The number of aromatic nitrogens is 2. The zero-order valence-corrected chi connectivity index (χ0v) is 16.5. The number of nitrogens with one attached hydrogen (secondary N) is 2. The molecule has 0 spiro atoms. The molecule has 2 N–H and O–H groups in total. The Labute approximate surface area is 172 Å². The van der Waals surface area contributed by atoms with Crippen LogP contribution in [0.25, 0.3) is 5.69 Å². The predicted octanol–water partition coefficient (Wildman–Crippen LogP) is 4.39. The summed E-state index contributed by atoms with van der Waals surface area (Å²) in [5.74, 6) is -0.472. The van der Waals surface area contributed by atoms with Crippen LogP contribution < -0.4 is 10.6 Å². The lowest BCUT2D eigenvalue weighted by molar-refractivity contribution is -0.120.